The van der Waals surface area contributed by atoms with Crippen molar-refractivity contribution >= 4 is 17.4 Å². The minimum Gasteiger partial charge on any atom is -0.454 e. The Morgan fingerprint density at radius 3 is 2.76 bits per heavy atom. The number of hydrogen-bond donors (Lipinski definition) is 3. The topological polar surface area (TPSA) is 103 Å². The van der Waals surface area contributed by atoms with Crippen LogP contribution in [0.25, 0.3) is 16.9 Å². The van der Waals surface area contributed by atoms with Gasteiger partial charge in [0.25, 0.3) is 5.91 Å². The predicted molar refractivity (Wildman–Crippen MR) is 112 cm³/mol. The van der Waals surface area contributed by atoms with Crippen molar-refractivity contribution < 1.29 is 14.3 Å². The first-order valence-electron chi connectivity index (χ1n) is 9.54. The van der Waals surface area contributed by atoms with Crippen molar-refractivity contribution in [2.75, 3.05) is 25.2 Å². The van der Waals surface area contributed by atoms with Crippen LogP contribution in [0.2, 0.25) is 0 Å². The molecule has 1 amide bonds. The Balaban J connectivity index is 1.81. The van der Waals surface area contributed by atoms with Crippen LogP contribution in [0.5, 0.6) is 11.5 Å². The summed E-state index contributed by atoms with van der Waals surface area (Å²) in [6, 6.07) is 9.31. The number of imidazole rings is 1. The minimum absolute atomic E-state index is 0.170. The number of benzene rings is 1. The molecule has 0 aliphatic carbocycles. The Bertz CT molecular complexity index is 1070. The summed E-state index contributed by atoms with van der Waals surface area (Å²) in [6.07, 6.45) is 1.85. The normalized spacial score (nSPS) is 13.0. The zero-order valence-electron chi connectivity index (χ0n) is 16.8. The zero-order chi connectivity index (χ0) is 20.6. The van der Waals surface area contributed by atoms with Crippen molar-refractivity contribution in [3.05, 3.63) is 42.1 Å². The third kappa shape index (κ3) is 3.84. The van der Waals surface area contributed by atoms with Crippen LogP contribution in [-0.2, 0) is 0 Å². The van der Waals surface area contributed by atoms with E-state index < -0.39 is 0 Å². The SMILES string of the molecule is CC(C)(C)Nc1c(-c2ccc3c(c2)OCO3)nc2cc(C(=O)NCCN)ccn12. The number of amides is 1. The van der Waals surface area contributed by atoms with Crippen molar-refractivity contribution in [3.8, 4) is 22.8 Å². The summed E-state index contributed by atoms with van der Waals surface area (Å²) in [5.41, 5.74) is 8.18. The van der Waals surface area contributed by atoms with Crippen LogP contribution < -0.4 is 25.8 Å². The smallest absolute Gasteiger partial charge is 0.251 e. The fourth-order valence-corrected chi connectivity index (χ4v) is 3.19. The molecule has 152 valence electrons. The number of nitrogens with zero attached hydrogens (tertiary/aromatic N) is 2. The first-order valence-corrected chi connectivity index (χ1v) is 9.54. The minimum atomic E-state index is -0.182. The third-order valence-corrected chi connectivity index (χ3v) is 4.46. The van der Waals surface area contributed by atoms with E-state index in [2.05, 4.69) is 31.4 Å². The Labute approximate surface area is 169 Å². The first kappa shape index (κ1) is 19.1. The van der Waals surface area contributed by atoms with Crippen molar-refractivity contribution in [2.45, 2.75) is 26.3 Å². The summed E-state index contributed by atoms with van der Waals surface area (Å²) in [5.74, 6) is 2.10. The predicted octanol–water partition coefficient (Wildman–Crippen LogP) is 2.63. The van der Waals surface area contributed by atoms with Gasteiger partial charge in [0.05, 0.1) is 0 Å². The van der Waals surface area contributed by atoms with Crippen molar-refractivity contribution in [1.29, 1.82) is 0 Å². The zero-order valence-corrected chi connectivity index (χ0v) is 16.8. The van der Waals surface area contributed by atoms with E-state index in [4.69, 9.17) is 20.2 Å². The van der Waals surface area contributed by atoms with Crippen LogP contribution in [0.3, 0.4) is 0 Å². The number of aromatic nitrogens is 2. The van der Waals surface area contributed by atoms with Gasteiger partial charge in [-0.25, -0.2) is 4.98 Å². The van der Waals surface area contributed by atoms with Gasteiger partial charge in [0, 0.05) is 36.0 Å². The molecule has 1 aromatic carbocycles. The summed E-state index contributed by atoms with van der Waals surface area (Å²) in [7, 11) is 0. The molecule has 4 N–H and O–H groups in total. The summed E-state index contributed by atoms with van der Waals surface area (Å²) >= 11 is 0. The van der Waals surface area contributed by atoms with Crippen LogP contribution in [0, 0.1) is 0 Å². The number of ether oxygens (including phenoxy) is 2. The molecule has 1 aliphatic heterocycles. The molecular weight excluding hydrogens is 370 g/mol. The monoisotopic (exact) mass is 395 g/mol. The van der Waals surface area contributed by atoms with Gasteiger partial charge < -0.3 is 25.8 Å². The molecule has 0 fully saturated rings. The highest BCUT2D eigenvalue weighted by Gasteiger charge is 2.22. The molecule has 0 radical (unpaired) electrons. The van der Waals surface area contributed by atoms with Crippen LogP contribution >= 0.6 is 0 Å². The third-order valence-electron chi connectivity index (χ3n) is 4.46. The Morgan fingerprint density at radius 2 is 2.00 bits per heavy atom. The number of carbonyl (C=O) groups excluding carboxylic acids is 1. The Hall–Kier alpha value is -3.26. The second-order valence-electron chi connectivity index (χ2n) is 7.94. The van der Waals surface area contributed by atoms with E-state index in [1.54, 1.807) is 12.1 Å². The van der Waals surface area contributed by atoms with Gasteiger partial charge >= 0.3 is 0 Å². The standard InChI is InChI=1S/C21H25N5O3/c1-21(2,3)25-19-18(13-4-5-15-16(10-13)29-12-28-15)24-17-11-14(6-9-26(17)19)20(27)23-8-7-22/h4-6,9-11,25H,7-8,12,22H2,1-3H3,(H,23,27). The molecule has 0 spiro atoms. The molecule has 1 aliphatic rings. The number of fused-ring (bicyclic) bond motifs is 2. The number of nitrogens with one attached hydrogen (secondary N) is 2. The van der Waals surface area contributed by atoms with E-state index in [1.165, 1.54) is 0 Å². The molecule has 8 nitrogen and oxygen atoms in total. The Morgan fingerprint density at radius 1 is 1.21 bits per heavy atom. The maximum atomic E-state index is 12.3. The lowest BCUT2D eigenvalue weighted by atomic mass is 10.1. The Kier molecular flexibility index (Phi) is 4.79. The molecule has 0 bridgehead atoms. The molecule has 0 unspecified atom stereocenters. The fourth-order valence-electron chi connectivity index (χ4n) is 3.19. The van der Waals surface area contributed by atoms with Crippen LogP contribution in [0.4, 0.5) is 5.82 Å². The van der Waals surface area contributed by atoms with Crippen LogP contribution in [0.1, 0.15) is 31.1 Å². The van der Waals surface area contributed by atoms with Gasteiger partial charge in [0.2, 0.25) is 6.79 Å². The lowest BCUT2D eigenvalue weighted by Gasteiger charge is -2.22. The first-order chi connectivity index (χ1) is 13.9. The van der Waals surface area contributed by atoms with Gasteiger partial charge in [-0.1, -0.05) is 0 Å². The average molecular weight is 395 g/mol. The molecule has 29 heavy (non-hydrogen) atoms. The fraction of sp³-hybridized carbons (Fsp3) is 0.333. The van der Waals surface area contributed by atoms with Crippen LogP contribution in [0.15, 0.2) is 36.5 Å². The highest BCUT2D eigenvalue weighted by Crippen LogP contribution is 2.38. The molecule has 0 saturated heterocycles. The van der Waals surface area contributed by atoms with Gasteiger partial charge in [0.15, 0.2) is 11.5 Å². The number of carbonyl (C=O) groups is 1. The van der Waals surface area contributed by atoms with Gasteiger partial charge in [-0.15, -0.1) is 0 Å². The number of pyridine rings is 1. The number of nitrogens with two attached hydrogens (primary N) is 1. The largest absolute Gasteiger partial charge is 0.454 e. The van der Waals surface area contributed by atoms with Crippen molar-refractivity contribution in [1.82, 2.24) is 14.7 Å². The van der Waals surface area contributed by atoms with Gasteiger partial charge in [-0.3, -0.25) is 9.20 Å². The van der Waals surface area contributed by atoms with Crippen molar-refractivity contribution in [2.24, 2.45) is 5.73 Å². The van der Waals surface area contributed by atoms with E-state index in [-0.39, 0.29) is 18.2 Å². The van der Waals surface area contributed by atoms with Gasteiger partial charge in [0.1, 0.15) is 17.2 Å². The number of rotatable bonds is 5. The lowest BCUT2D eigenvalue weighted by Crippen LogP contribution is -2.29. The molecule has 3 heterocycles. The van der Waals surface area contributed by atoms with Crippen molar-refractivity contribution in [3.63, 3.8) is 0 Å². The average Bonchev–Trinajstić information content (AvgIpc) is 3.28. The number of hydrogen-bond acceptors (Lipinski definition) is 6. The van der Waals surface area contributed by atoms with Crippen LogP contribution in [-0.4, -0.2) is 40.7 Å². The summed E-state index contributed by atoms with van der Waals surface area (Å²) in [5, 5.41) is 6.32. The van der Waals surface area contributed by atoms with E-state index in [0.717, 1.165) is 22.8 Å². The summed E-state index contributed by atoms with van der Waals surface area (Å²) < 4.78 is 12.9. The van der Waals surface area contributed by atoms with E-state index >= 15 is 0 Å². The lowest BCUT2D eigenvalue weighted by molar-refractivity contribution is 0.0954. The second kappa shape index (κ2) is 7.29. The number of anilines is 1. The molecule has 2 aromatic heterocycles. The van der Waals surface area contributed by atoms with E-state index in [1.807, 2.05) is 28.8 Å². The summed E-state index contributed by atoms with van der Waals surface area (Å²) in [4.78, 5) is 17.1. The summed E-state index contributed by atoms with van der Waals surface area (Å²) in [6.45, 7) is 7.31. The highest BCUT2D eigenvalue weighted by atomic mass is 16.7. The maximum Gasteiger partial charge on any atom is 0.251 e. The second-order valence-corrected chi connectivity index (χ2v) is 7.94. The molecule has 0 saturated carbocycles. The molecule has 8 heteroatoms. The van der Waals surface area contributed by atoms with Gasteiger partial charge in [-0.05, 0) is 51.1 Å². The van der Waals surface area contributed by atoms with E-state index in [0.29, 0.717) is 30.0 Å². The van der Waals surface area contributed by atoms with Gasteiger partial charge in [-0.2, -0.15) is 0 Å². The quantitative estimate of drug-likeness (QED) is 0.614. The molecule has 4 rings (SSSR count). The van der Waals surface area contributed by atoms with E-state index in [9.17, 15) is 4.79 Å². The highest BCUT2D eigenvalue weighted by molar-refractivity contribution is 5.95. The molecule has 3 aromatic rings. The maximum absolute atomic E-state index is 12.3. The molecule has 0 atom stereocenters. The molecular formula is C21H25N5O3.